The number of sulfone groups is 1. The van der Waals surface area contributed by atoms with Gasteiger partial charge in [0, 0.05) is 18.0 Å². The Labute approximate surface area is 180 Å². The number of benzene rings is 2. The molecule has 0 fully saturated rings. The first-order valence-corrected chi connectivity index (χ1v) is 11.4. The summed E-state index contributed by atoms with van der Waals surface area (Å²) in [6.45, 7) is 6.14. The number of carbonyl (C=O) groups is 1. The van der Waals surface area contributed by atoms with Crippen molar-refractivity contribution in [2.45, 2.75) is 45.3 Å². The second kappa shape index (κ2) is 9.64. The fraction of sp³-hybridized carbons (Fsp3) is 0.364. The van der Waals surface area contributed by atoms with Gasteiger partial charge in [0.25, 0.3) is 5.91 Å². The largest absolute Gasteiger partial charge is 0.429 e. The molecule has 2 aromatic carbocycles. The van der Waals surface area contributed by atoms with Gasteiger partial charge in [0.15, 0.2) is 9.84 Å². The van der Waals surface area contributed by atoms with E-state index < -0.39 is 33.6 Å². The van der Waals surface area contributed by atoms with Gasteiger partial charge in [0.1, 0.15) is 5.71 Å². The predicted molar refractivity (Wildman–Crippen MR) is 115 cm³/mol. The summed E-state index contributed by atoms with van der Waals surface area (Å²) in [7, 11) is -3.30. The number of hydrogen-bond donors (Lipinski definition) is 1. The third-order valence-electron chi connectivity index (χ3n) is 4.67. The molecule has 0 radical (unpaired) electrons. The maximum absolute atomic E-state index is 13.2. The molecule has 0 aromatic heterocycles. The van der Waals surface area contributed by atoms with E-state index in [1.165, 1.54) is 38.1 Å². The Bertz CT molecular complexity index is 1070. The molecule has 1 amide bonds. The van der Waals surface area contributed by atoms with Gasteiger partial charge < -0.3 is 5.32 Å². The van der Waals surface area contributed by atoms with E-state index in [0.717, 1.165) is 0 Å². The lowest BCUT2D eigenvalue weighted by Crippen LogP contribution is -2.27. The van der Waals surface area contributed by atoms with E-state index in [2.05, 4.69) is 10.3 Å². The Kier molecular flexibility index (Phi) is 7.64. The Morgan fingerprint density at radius 3 is 2.23 bits per heavy atom. The van der Waals surface area contributed by atoms with Crippen LogP contribution in [-0.2, 0) is 16.4 Å². The van der Waals surface area contributed by atoms with Crippen LogP contribution in [0, 0.1) is 12.8 Å². The van der Waals surface area contributed by atoms with E-state index in [0.29, 0.717) is 11.1 Å². The van der Waals surface area contributed by atoms with E-state index in [1.807, 2.05) is 0 Å². The van der Waals surface area contributed by atoms with E-state index >= 15 is 0 Å². The van der Waals surface area contributed by atoms with E-state index in [4.69, 9.17) is 0 Å². The third-order valence-corrected chi connectivity index (χ3v) is 6.42. The summed E-state index contributed by atoms with van der Waals surface area (Å²) in [5.74, 6) is -1.30. The molecule has 5 nitrogen and oxygen atoms in total. The van der Waals surface area contributed by atoms with Crippen LogP contribution >= 0.6 is 0 Å². The van der Waals surface area contributed by atoms with Crippen LogP contribution in [0.25, 0.3) is 0 Å². The van der Waals surface area contributed by atoms with Crippen molar-refractivity contribution in [2.24, 2.45) is 10.9 Å². The second-order valence-corrected chi connectivity index (χ2v) is 9.66. The number of aliphatic imine (C=N–C) groups is 1. The Morgan fingerprint density at radius 2 is 1.71 bits per heavy atom. The molecule has 1 N–H and O–H groups in total. The molecule has 9 heteroatoms. The second-order valence-electron chi connectivity index (χ2n) is 7.38. The predicted octanol–water partition coefficient (Wildman–Crippen LogP) is 5.01. The van der Waals surface area contributed by atoms with Crippen molar-refractivity contribution in [1.29, 1.82) is 0 Å². The molecule has 2 rings (SSSR count). The highest BCUT2D eigenvalue weighted by Crippen LogP contribution is 2.28. The Hall–Kier alpha value is -2.68. The topological polar surface area (TPSA) is 75.6 Å². The highest BCUT2D eigenvalue weighted by atomic mass is 32.2. The summed E-state index contributed by atoms with van der Waals surface area (Å²) in [4.78, 5) is 16.5. The number of hydrogen-bond acceptors (Lipinski definition) is 4. The van der Waals surface area contributed by atoms with Crippen molar-refractivity contribution in [3.05, 3.63) is 59.2 Å². The maximum Gasteiger partial charge on any atom is 0.429 e. The van der Waals surface area contributed by atoms with Crippen LogP contribution < -0.4 is 5.32 Å². The van der Waals surface area contributed by atoms with Crippen LogP contribution in [0.5, 0.6) is 0 Å². The van der Waals surface area contributed by atoms with Crippen LogP contribution in [0.3, 0.4) is 0 Å². The zero-order valence-electron chi connectivity index (χ0n) is 17.7. The van der Waals surface area contributed by atoms with Crippen LogP contribution in [0.2, 0.25) is 0 Å². The highest BCUT2D eigenvalue weighted by molar-refractivity contribution is 7.91. The van der Waals surface area contributed by atoms with Crippen LogP contribution in [0.15, 0.2) is 52.4 Å². The van der Waals surface area contributed by atoms with Crippen molar-refractivity contribution >= 4 is 27.1 Å². The van der Waals surface area contributed by atoms with Crippen molar-refractivity contribution < 1.29 is 26.4 Å². The van der Waals surface area contributed by atoms with Crippen LogP contribution in [0.4, 0.5) is 18.9 Å². The summed E-state index contributed by atoms with van der Waals surface area (Å²) in [5, 5.41) is 2.68. The monoisotopic (exact) mass is 454 g/mol. The molecular formula is C22H25F3N2O3S. The van der Waals surface area contributed by atoms with Gasteiger partial charge in [0.05, 0.1) is 16.3 Å². The minimum atomic E-state index is -4.56. The molecule has 0 saturated carbocycles. The van der Waals surface area contributed by atoms with Crippen molar-refractivity contribution in [3.63, 3.8) is 0 Å². The number of carbonyl (C=O) groups excluding carboxylic acids is 1. The quantitative estimate of drug-likeness (QED) is 0.598. The normalized spacial score (nSPS) is 12.8. The number of amides is 1. The fourth-order valence-corrected chi connectivity index (χ4v) is 3.67. The van der Waals surface area contributed by atoms with Crippen LogP contribution in [-0.4, -0.2) is 32.0 Å². The molecule has 0 atom stereocenters. The lowest BCUT2D eigenvalue weighted by atomic mass is 10.1. The molecule has 0 heterocycles. The number of alkyl halides is 3. The molecule has 0 aliphatic carbocycles. The Balaban J connectivity index is 2.19. The summed E-state index contributed by atoms with van der Waals surface area (Å²) in [5.41, 5.74) is 0.567. The van der Waals surface area contributed by atoms with Crippen LogP contribution in [0.1, 0.15) is 42.3 Å². The first-order chi connectivity index (χ1) is 14.3. The van der Waals surface area contributed by atoms with Gasteiger partial charge in [-0.1, -0.05) is 39.0 Å². The molecule has 0 aliphatic rings. The molecule has 31 heavy (non-hydrogen) atoms. The first-order valence-electron chi connectivity index (χ1n) is 9.71. The molecule has 0 unspecified atom stereocenters. The van der Waals surface area contributed by atoms with Gasteiger partial charge in [-0.05, 0) is 42.3 Å². The number of nitrogens with one attached hydrogen (secondary N) is 1. The van der Waals surface area contributed by atoms with Crippen molar-refractivity contribution in [3.8, 4) is 0 Å². The highest BCUT2D eigenvalue weighted by Gasteiger charge is 2.37. The van der Waals surface area contributed by atoms with Gasteiger partial charge in [-0.15, -0.1) is 0 Å². The zero-order chi connectivity index (χ0) is 23.4. The van der Waals surface area contributed by atoms with E-state index in [-0.39, 0.29) is 28.4 Å². The summed E-state index contributed by atoms with van der Waals surface area (Å²) in [6, 6.07) is 10.6. The van der Waals surface area contributed by atoms with Crippen molar-refractivity contribution in [1.82, 2.24) is 5.32 Å². The maximum atomic E-state index is 13.2. The lowest BCUT2D eigenvalue weighted by molar-refractivity contribution is -0.0621. The molecule has 0 saturated heterocycles. The number of aryl methyl sites for hydroxylation is 1. The number of nitrogens with zero attached hydrogens (tertiary/aromatic N) is 1. The minimum Gasteiger partial charge on any atom is -0.348 e. The smallest absolute Gasteiger partial charge is 0.348 e. The molecule has 0 aliphatic heterocycles. The van der Waals surface area contributed by atoms with Gasteiger partial charge >= 0.3 is 6.18 Å². The van der Waals surface area contributed by atoms with Gasteiger partial charge in [0.2, 0.25) is 0 Å². The van der Waals surface area contributed by atoms with Crippen molar-refractivity contribution in [2.75, 3.05) is 5.75 Å². The summed E-state index contributed by atoms with van der Waals surface area (Å²) in [6.07, 6.45) is -4.56. The molecule has 2 aromatic rings. The standard InChI is InChI=1S/C22H25F3N2O3S/c1-5-31(29,30)18-10-7-16(8-11-18)13-26-21(28)17-9-6-15(4)19(12-17)27-20(14(2)3)22(23,24)25/h6-12,14H,5,13H2,1-4H3,(H,26,28)/b27-20+. The lowest BCUT2D eigenvalue weighted by Gasteiger charge is -2.15. The Morgan fingerprint density at radius 1 is 1.10 bits per heavy atom. The van der Waals surface area contributed by atoms with Gasteiger partial charge in [-0.25, -0.2) is 13.4 Å². The molecular weight excluding hydrogens is 429 g/mol. The third kappa shape index (κ3) is 6.40. The minimum absolute atomic E-state index is 0.00577. The SMILES string of the molecule is CCS(=O)(=O)c1ccc(CNC(=O)c2ccc(C)c(/N=C(\C(C)C)C(F)(F)F)c2)cc1. The zero-order valence-corrected chi connectivity index (χ0v) is 18.6. The number of halogens is 3. The fourth-order valence-electron chi connectivity index (χ4n) is 2.79. The average molecular weight is 455 g/mol. The molecule has 0 spiro atoms. The summed E-state index contributed by atoms with van der Waals surface area (Å²) >= 11 is 0. The van der Waals surface area contributed by atoms with E-state index in [1.54, 1.807) is 32.0 Å². The first kappa shape index (κ1) is 24.6. The molecule has 168 valence electrons. The number of rotatable bonds is 7. The van der Waals surface area contributed by atoms with Gasteiger partial charge in [-0.2, -0.15) is 13.2 Å². The van der Waals surface area contributed by atoms with Gasteiger partial charge in [-0.3, -0.25) is 4.79 Å². The average Bonchev–Trinajstić information content (AvgIpc) is 2.70. The van der Waals surface area contributed by atoms with E-state index in [9.17, 15) is 26.4 Å². The summed E-state index contributed by atoms with van der Waals surface area (Å²) < 4.78 is 63.4. The molecule has 0 bridgehead atoms.